The fourth-order valence-electron chi connectivity index (χ4n) is 9.60. The molecule has 8 fully saturated rings. The van der Waals surface area contributed by atoms with E-state index in [1.807, 2.05) is 0 Å². The van der Waals surface area contributed by atoms with Gasteiger partial charge in [0.2, 0.25) is 0 Å². The molecule has 8 aliphatic rings. The van der Waals surface area contributed by atoms with Gasteiger partial charge in [-0.1, -0.05) is 0 Å². The predicted molar refractivity (Wildman–Crippen MR) is 93.8 cm³/mol. The third-order valence-electron chi connectivity index (χ3n) is 9.52. The molecule has 0 aliphatic heterocycles. The van der Waals surface area contributed by atoms with Crippen molar-refractivity contribution >= 4 is 11.8 Å². The molecule has 0 aromatic heterocycles. The summed E-state index contributed by atoms with van der Waals surface area (Å²) in [5, 5.41) is 0. The Morgan fingerprint density at radius 3 is 1.41 bits per heavy atom. The third-order valence-corrected chi connectivity index (χ3v) is 11.2. The molecule has 0 heterocycles. The number of fused-ring (bicyclic) bond motifs is 1. The van der Waals surface area contributed by atoms with Crippen LogP contribution in [0, 0.1) is 53.3 Å². The van der Waals surface area contributed by atoms with E-state index in [-0.39, 0.29) is 0 Å². The van der Waals surface area contributed by atoms with Gasteiger partial charge in [-0.25, -0.2) is 0 Å². The summed E-state index contributed by atoms with van der Waals surface area (Å²) in [4.78, 5) is 0. The Kier molecular flexibility index (Phi) is 2.78. The van der Waals surface area contributed by atoms with Crippen molar-refractivity contribution in [3.63, 3.8) is 0 Å². The van der Waals surface area contributed by atoms with Crippen LogP contribution in [0.5, 0.6) is 0 Å². The molecule has 0 radical (unpaired) electrons. The van der Waals surface area contributed by atoms with Gasteiger partial charge in [0.15, 0.2) is 0 Å². The van der Waals surface area contributed by atoms with Gasteiger partial charge in [-0.2, -0.15) is 11.8 Å². The molecule has 0 aromatic carbocycles. The molecular weight excluding hydrogens is 284 g/mol. The highest BCUT2D eigenvalue weighted by atomic mass is 32.2. The largest absolute Gasteiger partial charge is 0.158 e. The highest BCUT2D eigenvalue weighted by molar-refractivity contribution is 8.00. The highest BCUT2D eigenvalue weighted by Gasteiger charge is 2.64. The smallest absolute Gasteiger partial charge is 0.0247 e. The lowest BCUT2D eigenvalue weighted by Gasteiger charge is -2.69. The number of thioether (sulfide) groups is 1. The fraction of sp³-hybridized carbons (Fsp3) is 1.00. The lowest BCUT2D eigenvalue weighted by atomic mass is 9.41. The summed E-state index contributed by atoms with van der Waals surface area (Å²) in [7, 11) is 0. The van der Waals surface area contributed by atoms with E-state index >= 15 is 0 Å². The third kappa shape index (κ3) is 1.58. The zero-order valence-corrected chi connectivity index (χ0v) is 15.0. The van der Waals surface area contributed by atoms with E-state index in [0.717, 1.165) is 58.0 Å². The minimum absolute atomic E-state index is 0.732. The van der Waals surface area contributed by atoms with Crippen molar-refractivity contribution in [3.8, 4) is 0 Å². The molecule has 22 heavy (non-hydrogen) atoms. The molecule has 8 saturated carbocycles. The first-order chi connectivity index (χ1) is 10.8. The first kappa shape index (κ1) is 13.6. The predicted octanol–water partition coefficient (Wildman–Crippen LogP) is 5.62. The van der Waals surface area contributed by atoms with Crippen LogP contribution in [-0.4, -0.2) is 11.0 Å². The SMILES string of the molecule is CSC1(C2C3CC4CC(C3)CC2C4)C2CC3CC(C2)CC1C3. The molecule has 0 atom stereocenters. The summed E-state index contributed by atoms with van der Waals surface area (Å²) in [6.07, 6.45) is 18.8. The van der Waals surface area contributed by atoms with Crippen LogP contribution in [0.25, 0.3) is 0 Å². The van der Waals surface area contributed by atoms with Gasteiger partial charge < -0.3 is 0 Å². The Bertz CT molecular complexity index is 424. The summed E-state index contributed by atoms with van der Waals surface area (Å²) in [6, 6.07) is 0. The van der Waals surface area contributed by atoms with Gasteiger partial charge in [0.1, 0.15) is 0 Å². The van der Waals surface area contributed by atoms with E-state index in [2.05, 4.69) is 18.0 Å². The Labute approximate surface area is 140 Å². The molecule has 8 rings (SSSR count). The molecular formula is C21H32S. The maximum absolute atomic E-state index is 2.52. The first-order valence-corrected chi connectivity index (χ1v) is 11.5. The molecule has 0 unspecified atom stereocenters. The van der Waals surface area contributed by atoms with Gasteiger partial charge in [-0.05, 0) is 124 Å². The van der Waals surface area contributed by atoms with Crippen LogP contribution in [0.3, 0.4) is 0 Å². The maximum atomic E-state index is 2.52. The van der Waals surface area contributed by atoms with Gasteiger partial charge in [0.25, 0.3) is 0 Å². The van der Waals surface area contributed by atoms with Crippen LogP contribution >= 0.6 is 11.8 Å². The Hall–Kier alpha value is 0.350. The van der Waals surface area contributed by atoms with E-state index in [9.17, 15) is 0 Å². The Balaban J connectivity index is 1.42. The van der Waals surface area contributed by atoms with Gasteiger partial charge >= 0.3 is 0 Å². The second-order valence-electron chi connectivity index (χ2n) is 10.3. The molecule has 0 aromatic rings. The highest BCUT2D eigenvalue weighted by Crippen LogP contribution is 2.71. The van der Waals surface area contributed by atoms with Crippen molar-refractivity contribution in [2.45, 2.75) is 69.0 Å². The normalized spacial score (nSPS) is 64.5. The van der Waals surface area contributed by atoms with Crippen LogP contribution in [0.4, 0.5) is 0 Å². The van der Waals surface area contributed by atoms with Crippen LogP contribution in [0.15, 0.2) is 0 Å². The summed E-state index contributed by atoms with van der Waals surface area (Å²) in [5.74, 6) is 10.2. The standard InChI is InChI=1S/C21H32S/c1-22-21(18-8-14-3-15(10-18)11-19(21)9-14)20-16-4-12-2-13(6-16)7-17(20)5-12/h12-20H,2-11H2,1H3. The first-order valence-electron chi connectivity index (χ1n) is 10.3. The molecule has 8 aliphatic carbocycles. The van der Waals surface area contributed by atoms with Crippen molar-refractivity contribution in [2.75, 3.05) is 6.26 Å². The van der Waals surface area contributed by atoms with Gasteiger partial charge in [0, 0.05) is 4.75 Å². The number of hydrogen-bond acceptors (Lipinski definition) is 1. The van der Waals surface area contributed by atoms with E-state index in [1.54, 1.807) is 64.2 Å². The summed E-state index contributed by atoms with van der Waals surface area (Å²) < 4.78 is 0.732. The zero-order valence-electron chi connectivity index (χ0n) is 14.2. The summed E-state index contributed by atoms with van der Waals surface area (Å²) >= 11 is 2.39. The quantitative estimate of drug-likeness (QED) is 0.637. The van der Waals surface area contributed by atoms with Gasteiger partial charge in [-0.3, -0.25) is 0 Å². The summed E-state index contributed by atoms with van der Waals surface area (Å²) in [5.41, 5.74) is 0. The van der Waals surface area contributed by atoms with Crippen molar-refractivity contribution in [3.05, 3.63) is 0 Å². The van der Waals surface area contributed by atoms with Crippen LogP contribution in [0.1, 0.15) is 64.2 Å². The van der Waals surface area contributed by atoms with E-state index in [0.29, 0.717) is 0 Å². The second kappa shape index (κ2) is 4.50. The average molecular weight is 317 g/mol. The van der Waals surface area contributed by atoms with Crippen molar-refractivity contribution in [1.82, 2.24) is 0 Å². The van der Waals surface area contributed by atoms with Crippen molar-refractivity contribution in [1.29, 1.82) is 0 Å². The van der Waals surface area contributed by atoms with E-state index in [1.165, 1.54) is 0 Å². The van der Waals surface area contributed by atoms with Crippen LogP contribution < -0.4 is 0 Å². The molecule has 0 saturated heterocycles. The van der Waals surface area contributed by atoms with Crippen LogP contribution in [-0.2, 0) is 0 Å². The van der Waals surface area contributed by atoms with Gasteiger partial charge in [-0.15, -0.1) is 0 Å². The lowest BCUT2D eigenvalue weighted by Crippen LogP contribution is -2.64. The molecule has 0 N–H and O–H groups in total. The van der Waals surface area contributed by atoms with Crippen molar-refractivity contribution < 1.29 is 0 Å². The number of rotatable bonds is 2. The lowest BCUT2D eigenvalue weighted by molar-refractivity contribution is -0.119. The van der Waals surface area contributed by atoms with E-state index in [4.69, 9.17) is 0 Å². The Morgan fingerprint density at radius 2 is 1.00 bits per heavy atom. The molecule has 8 bridgehead atoms. The molecule has 0 amide bonds. The van der Waals surface area contributed by atoms with Crippen molar-refractivity contribution in [2.24, 2.45) is 53.3 Å². The Morgan fingerprint density at radius 1 is 0.591 bits per heavy atom. The summed E-state index contributed by atoms with van der Waals surface area (Å²) in [6.45, 7) is 0. The average Bonchev–Trinajstić information content (AvgIpc) is 2.48. The zero-order chi connectivity index (χ0) is 14.5. The minimum atomic E-state index is 0.732. The molecule has 0 nitrogen and oxygen atoms in total. The van der Waals surface area contributed by atoms with Gasteiger partial charge in [0.05, 0.1) is 0 Å². The molecule has 1 heteroatoms. The molecule has 122 valence electrons. The monoisotopic (exact) mass is 316 g/mol. The van der Waals surface area contributed by atoms with E-state index < -0.39 is 0 Å². The van der Waals surface area contributed by atoms with Crippen LogP contribution in [0.2, 0.25) is 0 Å². The second-order valence-corrected chi connectivity index (χ2v) is 11.4. The maximum Gasteiger partial charge on any atom is 0.0247 e. The minimum Gasteiger partial charge on any atom is -0.158 e. The fourth-order valence-corrected chi connectivity index (χ4v) is 11.3. The molecule has 0 spiro atoms. The topological polar surface area (TPSA) is 0 Å². The number of hydrogen-bond donors (Lipinski definition) is 0.